The highest BCUT2D eigenvalue weighted by molar-refractivity contribution is 7.86. The molecule has 1 aromatic rings. The molecule has 2 fully saturated rings. The van der Waals surface area contributed by atoms with Gasteiger partial charge >= 0.3 is 0 Å². The average molecular weight is 280 g/mol. The summed E-state index contributed by atoms with van der Waals surface area (Å²) in [6, 6.07) is 6.57. The van der Waals surface area contributed by atoms with Crippen LogP contribution >= 0.6 is 0 Å². The van der Waals surface area contributed by atoms with E-state index in [1.165, 1.54) is 0 Å². The lowest BCUT2D eigenvalue weighted by Gasteiger charge is -2.15. The van der Waals surface area contributed by atoms with Gasteiger partial charge in [-0.15, -0.1) is 0 Å². The van der Waals surface area contributed by atoms with Crippen LogP contribution in [0.1, 0.15) is 24.8 Å². The Morgan fingerprint density at radius 2 is 1.84 bits per heavy atom. The highest BCUT2D eigenvalue weighted by Crippen LogP contribution is 2.45. The first-order valence-corrected chi connectivity index (χ1v) is 7.91. The Morgan fingerprint density at radius 3 is 2.37 bits per heavy atom. The zero-order chi connectivity index (χ0) is 13.6. The number of carbonyl (C=O) groups is 1. The van der Waals surface area contributed by atoms with Crippen molar-refractivity contribution in [1.82, 2.24) is 0 Å². The molecule has 3 rings (SSSR count). The van der Waals surface area contributed by atoms with E-state index >= 15 is 0 Å². The number of Topliss-reactive ketones (excluding diaryl/α,β-unsaturated/α-hetero) is 1. The van der Waals surface area contributed by atoms with Crippen molar-refractivity contribution in [1.29, 1.82) is 0 Å². The van der Waals surface area contributed by atoms with Crippen molar-refractivity contribution in [2.24, 2.45) is 11.8 Å². The molecule has 0 unspecified atom stereocenters. The lowest BCUT2D eigenvalue weighted by molar-refractivity contribution is -0.122. The predicted molar refractivity (Wildman–Crippen MR) is 69.1 cm³/mol. The van der Waals surface area contributed by atoms with Crippen molar-refractivity contribution < 1.29 is 17.4 Å². The fourth-order valence-electron chi connectivity index (χ4n) is 3.08. The Labute approximate surface area is 112 Å². The second-order valence-corrected chi connectivity index (χ2v) is 7.01. The van der Waals surface area contributed by atoms with Crippen LogP contribution in [0.2, 0.25) is 0 Å². The maximum Gasteiger partial charge on any atom is 0.297 e. The van der Waals surface area contributed by atoms with Gasteiger partial charge < -0.3 is 0 Å². The van der Waals surface area contributed by atoms with Gasteiger partial charge in [-0.1, -0.05) is 17.7 Å². The monoisotopic (exact) mass is 280 g/mol. The molecule has 0 heterocycles. The fourth-order valence-corrected chi connectivity index (χ4v) is 4.24. The lowest BCUT2D eigenvalue weighted by Crippen LogP contribution is -2.24. The Kier molecular flexibility index (Phi) is 2.98. The van der Waals surface area contributed by atoms with Crippen LogP contribution in [0, 0.1) is 18.8 Å². The Balaban J connectivity index is 1.83. The van der Waals surface area contributed by atoms with E-state index in [1.54, 1.807) is 24.3 Å². The van der Waals surface area contributed by atoms with Crippen molar-refractivity contribution in [2.45, 2.75) is 37.2 Å². The minimum absolute atomic E-state index is 0.0812. The van der Waals surface area contributed by atoms with Gasteiger partial charge in [-0.25, -0.2) is 0 Å². The summed E-state index contributed by atoms with van der Waals surface area (Å²) in [5, 5.41) is 0. The zero-order valence-corrected chi connectivity index (χ0v) is 11.5. The Morgan fingerprint density at radius 1 is 1.16 bits per heavy atom. The molecule has 2 bridgehead atoms. The second kappa shape index (κ2) is 4.42. The number of hydrogen-bond donors (Lipinski definition) is 0. The van der Waals surface area contributed by atoms with E-state index in [9.17, 15) is 13.2 Å². The van der Waals surface area contributed by atoms with Crippen LogP contribution in [0.25, 0.3) is 0 Å². The van der Waals surface area contributed by atoms with Crippen molar-refractivity contribution in [3.8, 4) is 0 Å². The van der Waals surface area contributed by atoms with Gasteiger partial charge in [0.15, 0.2) is 0 Å². The first-order chi connectivity index (χ1) is 8.97. The van der Waals surface area contributed by atoms with Gasteiger partial charge in [0.05, 0.1) is 11.0 Å². The lowest BCUT2D eigenvalue weighted by atomic mass is 10.00. The summed E-state index contributed by atoms with van der Waals surface area (Å²) in [4.78, 5) is 11.8. The third-order valence-electron chi connectivity index (χ3n) is 4.13. The Bertz CT molecular complexity index is 603. The van der Waals surface area contributed by atoms with Crippen LogP contribution < -0.4 is 0 Å². The molecule has 102 valence electrons. The Hall–Kier alpha value is -1.20. The molecule has 0 spiro atoms. The third-order valence-corrected chi connectivity index (χ3v) is 5.46. The zero-order valence-electron chi connectivity index (χ0n) is 10.7. The summed E-state index contributed by atoms with van der Waals surface area (Å²) in [6.07, 6.45) is 1.68. The molecule has 3 atom stereocenters. The van der Waals surface area contributed by atoms with E-state index in [-0.39, 0.29) is 22.5 Å². The van der Waals surface area contributed by atoms with Gasteiger partial charge in [-0.3, -0.25) is 8.98 Å². The molecule has 2 saturated carbocycles. The number of benzene rings is 1. The summed E-state index contributed by atoms with van der Waals surface area (Å²) < 4.78 is 29.7. The second-order valence-electron chi connectivity index (χ2n) is 5.44. The van der Waals surface area contributed by atoms with Crippen molar-refractivity contribution in [3.63, 3.8) is 0 Å². The van der Waals surface area contributed by atoms with Gasteiger partial charge in [-0.2, -0.15) is 8.42 Å². The van der Waals surface area contributed by atoms with Crippen LogP contribution in [0.15, 0.2) is 29.2 Å². The third kappa shape index (κ3) is 2.21. The van der Waals surface area contributed by atoms with Crippen molar-refractivity contribution in [3.05, 3.63) is 29.8 Å². The minimum Gasteiger partial charge on any atom is -0.299 e. The summed E-state index contributed by atoms with van der Waals surface area (Å²) in [5.74, 6) is 0.0169. The molecule has 0 amide bonds. The molecule has 4 nitrogen and oxygen atoms in total. The smallest absolute Gasteiger partial charge is 0.297 e. The number of fused-ring (bicyclic) bond motifs is 2. The topological polar surface area (TPSA) is 60.4 Å². The van der Waals surface area contributed by atoms with E-state index in [1.807, 2.05) is 6.92 Å². The van der Waals surface area contributed by atoms with Crippen LogP contribution in [-0.4, -0.2) is 20.3 Å². The molecule has 0 saturated heterocycles. The van der Waals surface area contributed by atoms with E-state index in [0.717, 1.165) is 18.4 Å². The molecule has 0 aliphatic heterocycles. The quantitative estimate of drug-likeness (QED) is 0.795. The van der Waals surface area contributed by atoms with Crippen molar-refractivity contribution in [2.75, 3.05) is 0 Å². The molecular formula is C14H16O4S. The van der Waals surface area contributed by atoms with Crippen LogP contribution in [0.3, 0.4) is 0 Å². The van der Waals surface area contributed by atoms with E-state index in [4.69, 9.17) is 4.18 Å². The number of rotatable bonds is 3. The summed E-state index contributed by atoms with van der Waals surface area (Å²) in [5.41, 5.74) is 0.995. The van der Waals surface area contributed by atoms with Gasteiger partial charge in [0.1, 0.15) is 5.78 Å². The number of aryl methyl sites for hydroxylation is 1. The van der Waals surface area contributed by atoms with Gasteiger partial charge in [-0.05, 0) is 37.8 Å². The summed E-state index contributed by atoms with van der Waals surface area (Å²) in [7, 11) is -3.76. The SMILES string of the molecule is Cc1ccc(S(=O)(=O)O[C@@H]2[C@@H]3CC[C@H]2C(=O)C3)cc1. The van der Waals surface area contributed by atoms with Crippen LogP contribution in [-0.2, 0) is 19.1 Å². The van der Waals surface area contributed by atoms with E-state index < -0.39 is 16.2 Å². The highest BCUT2D eigenvalue weighted by atomic mass is 32.2. The predicted octanol–water partition coefficient (Wildman–Crippen LogP) is 2.07. The minimum atomic E-state index is -3.76. The van der Waals surface area contributed by atoms with E-state index in [2.05, 4.69) is 0 Å². The molecule has 1 aromatic carbocycles. The van der Waals surface area contributed by atoms with Gasteiger partial charge in [0.2, 0.25) is 0 Å². The standard InChI is InChI=1S/C14H16O4S/c1-9-2-5-11(6-3-9)19(16,17)18-14-10-4-7-12(14)13(15)8-10/h2-3,5-6,10,12,14H,4,7-8H2,1H3/t10-,12+,14-/m1/s1. The molecule has 5 heteroatoms. The largest absolute Gasteiger partial charge is 0.299 e. The summed E-state index contributed by atoms with van der Waals surface area (Å²) >= 11 is 0. The molecule has 19 heavy (non-hydrogen) atoms. The highest BCUT2D eigenvalue weighted by Gasteiger charge is 2.50. The van der Waals surface area contributed by atoms with Crippen molar-refractivity contribution >= 4 is 15.9 Å². The number of carbonyl (C=O) groups excluding carboxylic acids is 1. The van der Waals surface area contributed by atoms with Gasteiger partial charge in [0, 0.05) is 12.3 Å². The fraction of sp³-hybridized carbons (Fsp3) is 0.500. The number of ketones is 1. The average Bonchev–Trinajstić information content (AvgIpc) is 2.85. The molecular weight excluding hydrogens is 264 g/mol. The summed E-state index contributed by atoms with van der Waals surface area (Å²) in [6.45, 7) is 1.90. The maximum absolute atomic E-state index is 12.2. The molecule has 2 aliphatic carbocycles. The molecule has 0 aromatic heterocycles. The van der Waals surface area contributed by atoms with Crippen LogP contribution in [0.4, 0.5) is 0 Å². The normalized spacial score (nSPS) is 29.9. The van der Waals surface area contributed by atoms with Gasteiger partial charge in [0.25, 0.3) is 10.1 Å². The first-order valence-electron chi connectivity index (χ1n) is 6.50. The maximum atomic E-state index is 12.2. The number of hydrogen-bond acceptors (Lipinski definition) is 4. The molecule has 0 radical (unpaired) electrons. The molecule has 2 aliphatic rings. The molecule has 0 N–H and O–H groups in total. The van der Waals surface area contributed by atoms with E-state index in [0.29, 0.717) is 6.42 Å². The van der Waals surface area contributed by atoms with Crippen LogP contribution in [0.5, 0.6) is 0 Å². The first kappa shape index (κ1) is 12.8.